The molecule has 3 nitrogen and oxygen atoms in total. The van der Waals surface area contributed by atoms with Crippen LogP contribution in [0.1, 0.15) is 12.0 Å². The van der Waals surface area contributed by atoms with Crippen molar-refractivity contribution in [3.8, 4) is 0 Å². The summed E-state index contributed by atoms with van der Waals surface area (Å²) >= 11 is 0. The minimum atomic E-state index is -0.817. The lowest BCUT2D eigenvalue weighted by molar-refractivity contribution is -0.143. The first-order valence-electron chi connectivity index (χ1n) is 5.26. The number of hydrogen-bond donors (Lipinski definition) is 2. The van der Waals surface area contributed by atoms with E-state index in [9.17, 15) is 9.18 Å². The van der Waals surface area contributed by atoms with Crippen molar-refractivity contribution in [3.63, 3.8) is 0 Å². The minimum Gasteiger partial charge on any atom is -0.481 e. The quantitative estimate of drug-likeness (QED) is 0.811. The van der Waals surface area contributed by atoms with Crippen molar-refractivity contribution in [2.45, 2.75) is 12.8 Å². The molecule has 0 saturated heterocycles. The predicted octanol–water partition coefficient (Wildman–Crippen LogP) is 1.42. The third-order valence-electron chi connectivity index (χ3n) is 3.42. The summed E-state index contributed by atoms with van der Waals surface area (Å²) in [6.45, 7) is 0.175. The first kappa shape index (κ1) is 11.1. The molecule has 86 valence electrons. The fourth-order valence-electron chi connectivity index (χ4n) is 2.15. The van der Waals surface area contributed by atoms with Crippen LogP contribution in [0.2, 0.25) is 0 Å². The molecular weight excluding hydrogens is 209 g/mol. The van der Waals surface area contributed by atoms with Crippen molar-refractivity contribution in [2.75, 3.05) is 6.54 Å². The molecule has 0 heterocycles. The zero-order valence-electron chi connectivity index (χ0n) is 8.82. The topological polar surface area (TPSA) is 63.3 Å². The zero-order chi connectivity index (χ0) is 11.8. The van der Waals surface area contributed by atoms with E-state index in [2.05, 4.69) is 0 Å². The SMILES string of the molecule is NCC1(C(=O)O)CC1Cc1ccc(F)cc1. The molecule has 3 N–H and O–H groups in total. The Labute approximate surface area is 93.1 Å². The number of carboxylic acids is 1. The lowest BCUT2D eigenvalue weighted by Gasteiger charge is -2.08. The normalized spacial score (nSPS) is 27.8. The minimum absolute atomic E-state index is 0.0838. The molecule has 1 fully saturated rings. The maximum Gasteiger partial charge on any atom is 0.311 e. The van der Waals surface area contributed by atoms with Crippen LogP contribution in [0, 0.1) is 17.2 Å². The Hall–Kier alpha value is -1.42. The molecule has 2 rings (SSSR count). The van der Waals surface area contributed by atoms with Crippen molar-refractivity contribution >= 4 is 5.97 Å². The van der Waals surface area contributed by atoms with E-state index in [-0.39, 0.29) is 18.3 Å². The van der Waals surface area contributed by atoms with E-state index >= 15 is 0 Å². The molecule has 0 bridgehead atoms. The van der Waals surface area contributed by atoms with E-state index in [4.69, 9.17) is 10.8 Å². The number of carbonyl (C=O) groups is 1. The Bertz CT molecular complexity index is 404. The Balaban J connectivity index is 2.03. The van der Waals surface area contributed by atoms with E-state index in [1.165, 1.54) is 12.1 Å². The van der Waals surface area contributed by atoms with Crippen molar-refractivity contribution < 1.29 is 14.3 Å². The highest BCUT2D eigenvalue weighted by molar-refractivity contribution is 5.79. The zero-order valence-corrected chi connectivity index (χ0v) is 8.82. The average Bonchev–Trinajstić information content (AvgIpc) is 2.96. The van der Waals surface area contributed by atoms with Gasteiger partial charge >= 0.3 is 5.97 Å². The summed E-state index contributed by atoms with van der Waals surface area (Å²) in [4.78, 5) is 11.0. The van der Waals surface area contributed by atoms with Crippen molar-refractivity contribution in [2.24, 2.45) is 17.1 Å². The van der Waals surface area contributed by atoms with Crippen LogP contribution < -0.4 is 5.73 Å². The molecule has 4 heteroatoms. The molecule has 0 amide bonds. The van der Waals surface area contributed by atoms with Gasteiger partial charge in [-0.15, -0.1) is 0 Å². The van der Waals surface area contributed by atoms with Crippen LogP contribution in [0.3, 0.4) is 0 Å². The van der Waals surface area contributed by atoms with Crippen molar-refractivity contribution in [3.05, 3.63) is 35.6 Å². The highest BCUT2D eigenvalue weighted by Crippen LogP contribution is 2.53. The molecule has 1 aromatic rings. The maximum absolute atomic E-state index is 12.7. The summed E-state index contributed by atoms with van der Waals surface area (Å²) in [7, 11) is 0. The van der Waals surface area contributed by atoms with Gasteiger partial charge in [0, 0.05) is 6.54 Å². The number of carboxylic acid groups (broad SMARTS) is 1. The molecule has 0 spiro atoms. The highest BCUT2D eigenvalue weighted by Gasteiger charge is 2.58. The summed E-state index contributed by atoms with van der Waals surface area (Å²) in [6.07, 6.45) is 1.28. The monoisotopic (exact) mass is 223 g/mol. The summed E-state index contributed by atoms with van der Waals surface area (Å²) < 4.78 is 12.7. The van der Waals surface area contributed by atoms with Crippen LogP contribution in [0.15, 0.2) is 24.3 Å². The Kier molecular flexibility index (Phi) is 2.68. The maximum atomic E-state index is 12.7. The first-order chi connectivity index (χ1) is 7.58. The van der Waals surface area contributed by atoms with Gasteiger partial charge in [-0.2, -0.15) is 0 Å². The van der Waals surface area contributed by atoms with Gasteiger partial charge in [0.1, 0.15) is 5.82 Å². The van der Waals surface area contributed by atoms with Gasteiger partial charge in [0.15, 0.2) is 0 Å². The van der Waals surface area contributed by atoms with Crippen LogP contribution in [-0.4, -0.2) is 17.6 Å². The van der Waals surface area contributed by atoms with Gasteiger partial charge in [-0.3, -0.25) is 4.79 Å². The largest absolute Gasteiger partial charge is 0.481 e. The summed E-state index contributed by atoms with van der Waals surface area (Å²) in [6, 6.07) is 6.17. The van der Waals surface area contributed by atoms with Gasteiger partial charge < -0.3 is 10.8 Å². The molecular formula is C12H14FNO2. The molecule has 1 aromatic carbocycles. The average molecular weight is 223 g/mol. The second-order valence-corrected chi connectivity index (χ2v) is 4.40. The third kappa shape index (κ3) is 1.80. The first-order valence-corrected chi connectivity index (χ1v) is 5.26. The molecule has 0 radical (unpaired) electrons. The number of nitrogens with two attached hydrogens (primary N) is 1. The van der Waals surface area contributed by atoms with Crippen LogP contribution in [0.4, 0.5) is 4.39 Å². The summed E-state index contributed by atoms with van der Waals surface area (Å²) in [5.41, 5.74) is 5.72. The van der Waals surface area contributed by atoms with Gasteiger partial charge in [-0.05, 0) is 36.5 Å². The second-order valence-electron chi connectivity index (χ2n) is 4.40. The fourth-order valence-corrected chi connectivity index (χ4v) is 2.15. The summed E-state index contributed by atoms with van der Waals surface area (Å²) in [5.74, 6) is -1.01. The van der Waals surface area contributed by atoms with Crippen molar-refractivity contribution in [1.29, 1.82) is 0 Å². The van der Waals surface area contributed by atoms with E-state index in [1.807, 2.05) is 0 Å². The molecule has 0 aliphatic heterocycles. The number of aliphatic carboxylic acids is 1. The molecule has 2 unspecified atom stereocenters. The number of benzene rings is 1. The fraction of sp³-hybridized carbons (Fsp3) is 0.417. The van der Waals surface area contributed by atoms with E-state index in [0.717, 1.165) is 5.56 Å². The molecule has 0 aromatic heterocycles. The molecule has 16 heavy (non-hydrogen) atoms. The van der Waals surface area contributed by atoms with Crippen LogP contribution in [-0.2, 0) is 11.2 Å². The van der Waals surface area contributed by atoms with E-state index < -0.39 is 11.4 Å². The Morgan fingerprint density at radius 1 is 1.50 bits per heavy atom. The molecule has 2 atom stereocenters. The molecule has 1 aliphatic rings. The number of halogens is 1. The Morgan fingerprint density at radius 3 is 2.56 bits per heavy atom. The molecule has 1 aliphatic carbocycles. The smallest absolute Gasteiger partial charge is 0.311 e. The summed E-state index contributed by atoms with van der Waals surface area (Å²) in [5, 5.41) is 9.06. The van der Waals surface area contributed by atoms with Crippen molar-refractivity contribution in [1.82, 2.24) is 0 Å². The Morgan fingerprint density at radius 2 is 2.12 bits per heavy atom. The van der Waals surface area contributed by atoms with E-state index in [1.54, 1.807) is 12.1 Å². The van der Waals surface area contributed by atoms with Gasteiger partial charge in [0.05, 0.1) is 5.41 Å². The van der Waals surface area contributed by atoms with Gasteiger partial charge in [0.25, 0.3) is 0 Å². The van der Waals surface area contributed by atoms with Crippen LogP contribution in [0.25, 0.3) is 0 Å². The van der Waals surface area contributed by atoms with E-state index in [0.29, 0.717) is 12.8 Å². The predicted molar refractivity (Wildman–Crippen MR) is 57.3 cm³/mol. The second kappa shape index (κ2) is 3.87. The lowest BCUT2D eigenvalue weighted by atomic mass is 9.99. The molecule has 1 saturated carbocycles. The highest BCUT2D eigenvalue weighted by atomic mass is 19.1. The number of rotatable bonds is 4. The number of hydrogen-bond acceptors (Lipinski definition) is 2. The van der Waals surface area contributed by atoms with Gasteiger partial charge in [-0.25, -0.2) is 4.39 Å². The van der Waals surface area contributed by atoms with Crippen LogP contribution in [0.5, 0.6) is 0 Å². The van der Waals surface area contributed by atoms with Crippen LogP contribution >= 0.6 is 0 Å². The van der Waals surface area contributed by atoms with Gasteiger partial charge in [-0.1, -0.05) is 12.1 Å². The van der Waals surface area contributed by atoms with Gasteiger partial charge in [0.2, 0.25) is 0 Å². The third-order valence-corrected chi connectivity index (χ3v) is 3.42. The lowest BCUT2D eigenvalue weighted by Crippen LogP contribution is -2.27. The standard InChI is InChI=1S/C12H14FNO2/c13-10-3-1-8(2-4-10)5-9-6-12(9,7-14)11(15)16/h1-4,9H,5-7,14H2,(H,15,16).